The summed E-state index contributed by atoms with van der Waals surface area (Å²) in [6.07, 6.45) is 3.09. The number of hydrogen-bond donors (Lipinski definition) is 1. The molecule has 3 aromatic carbocycles. The van der Waals surface area contributed by atoms with Gasteiger partial charge in [-0.05, 0) is 46.6 Å². The molecule has 0 aliphatic rings. The number of aryl methyl sites for hydroxylation is 1. The highest BCUT2D eigenvalue weighted by Gasteiger charge is 2.52. The fourth-order valence-electron chi connectivity index (χ4n) is 5.77. The number of amides is 1. The molecule has 1 N–H and O–H groups in total. The number of thiazole rings is 1. The van der Waals surface area contributed by atoms with Gasteiger partial charge in [0.2, 0.25) is 0 Å². The van der Waals surface area contributed by atoms with Gasteiger partial charge in [0.15, 0.2) is 5.13 Å². The highest BCUT2D eigenvalue weighted by Crippen LogP contribution is 2.39. The maximum atomic E-state index is 13.7. The molecule has 1 amide bonds. The number of carbonyl (C=O) groups excluding carboxylic acids is 1. The molecule has 6 aromatic rings. The predicted molar refractivity (Wildman–Crippen MR) is 190 cm³/mol. The van der Waals surface area contributed by atoms with E-state index < -0.39 is 8.32 Å². The van der Waals surface area contributed by atoms with Crippen LogP contribution in [-0.4, -0.2) is 36.3 Å². The standard InChI is InChI=1S/C36H33ClN4O3SSi/c1-23-18-27(28-20-33(37)39-22-31(28)43-5)29(21-38-23)34(42)41-35-40-30-19-24(16-17-32(30)45-35)44-46(36(2,3)4,25-12-8-6-9-13-25)26-14-10-7-11-15-26/h6-22H,1-5H3,(H,40,41,42). The van der Waals surface area contributed by atoms with Gasteiger partial charge in [0, 0.05) is 29.1 Å². The topological polar surface area (TPSA) is 86.2 Å². The third-order valence-electron chi connectivity index (χ3n) is 7.90. The molecule has 7 nitrogen and oxygen atoms in total. The van der Waals surface area contributed by atoms with E-state index in [4.69, 9.17) is 25.7 Å². The van der Waals surface area contributed by atoms with E-state index >= 15 is 0 Å². The summed E-state index contributed by atoms with van der Waals surface area (Å²) in [5.74, 6) is 0.884. The Kier molecular flexibility index (Phi) is 8.65. The van der Waals surface area contributed by atoms with E-state index in [9.17, 15) is 4.79 Å². The van der Waals surface area contributed by atoms with Crippen molar-refractivity contribution in [3.63, 3.8) is 0 Å². The molecule has 0 atom stereocenters. The molecule has 3 heterocycles. The number of methoxy groups -OCH3 is 1. The van der Waals surface area contributed by atoms with E-state index in [2.05, 4.69) is 84.6 Å². The first-order valence-electron chi connectivity index (χ1n) is 14.8. The van der Waals surface area contributed by atoms with Crippen LogP contribution in [0.15, 0.2) is 103 Å². The van der Waals surface area contributed by atoms with Crippen molar-refractivity contribution < 1.29 is 14.0 Å². The summed E-state index contributed by atoms with van der Waals surface area (Å²) >= 11 is 7.62. The van der Waals surface area contributed by atoms with Crippen molar-refractivity contribution in [2.75, 3.05) is 12.4 Å². The van der Waals surface area contributed by atoms with Crippen LogP contribution >= 0.6 is 22.9 Å². The third kappa shape index (κ3) is 6.01. The number of nitrogens with zero attached hydrogens (tertiary/aromatic N) is 3. The second-order valence-corrected chi connectivity index (χ2v) is 17.6. The molecular weight excluding hydrogens is 632 g/mol. The normalized spacial score (nSPS) is 11.8. The third-order valence-corrected chi connectivity index (χ3v) is 14.0. The molecule has 0 aliphatic carbocycles. The van der Waals surface area contributed by atoms with Gasteiger partial charge >= 0.3 is 8.32 Å². The second-order valence-electron chi connectivity index (χ2n) is 11.9. The number of fused-ring (bicyclic) bond motifs is 1. The molecule has 0 saturated carbocycles. The van der Waals surface area contributed by atoms with Crippen LogP contribution < -0.4 is 24.9 Å². The summed E-state index contributed by atoms with van der Waals surface area (Å²) in [7, 11) is -1.27. The lowest BCUT2D eigenvalue weighted by molar-refractivity contribution is 0.102. The zero-order valence-corrected chi connectivity index (χ0v) is 28.7. The lowest BCUT2D eigenvalue weighted by Gasteiger charge is -2.43. The number of aromatic nitrogens is 3. The Bertz CT molecular complexity index is 1990. The minimum absolute atomic E-state index is 0.187. The molecule has 232 valence electrons. The van der Waals surface area contributed by atoms with Crippen molar-refractivity contribution in [2.45, 2.75) is 32.7 Å². The van der Waals surface area contributed by atoms with E-state index in [1.165, 1.54) is 27.9 Å². The van der Waals surface area contributed by atoms with E-state index in [0.717, 1.165) is 21.7 Å². The van der Waals surface area contributed by atoms with Crippen LogP contribution in [0.4, 0.5) is 5.13 Å². The summed E-state index contributed by atoms with van der Waals surface area (Å²) in [5, 5.41) is 5.93. The number of hydrogen-bond acceptors (Lipinski definition) is 7. The lowest BCUT2D eigenvalue weighted by Crippen LogP contribution is -2.68. The molecule has 0 fully saturated rings. The maximum Gasteiger partial charge on any atom is 0.319 e. The number of carbonyl (C=O) groups is 1. The number of halogens is 1. The Hall–Kier alpha value is -4.57. The number of nitrogens with one attached hydrogen (secondary N) is 1. The van der Waals surface area contributed by atoms with Gasteiger partial charge in [-0.15, -0.1) is 0 Å². The van der Waals surface area contributed by atoms with Gasteiger partial charge < -0.3 is 9.16 Å². The smallest absolute Gasteiger partial charge is 0.319 e. The van der Waals surface area contributed by atoms with E-state index in [1.807, 2.05) is 43.3 Å². The van der Waals surface area contributed by atoms with E-state index in [1.54, 1.807) is 19.4 Å². The molecule has 0 saturated heterocycles. The van der Waals surface area contributed by atoms with Gasteiger partial charge in [-0.3, -0.25) is 15.1 Å². The van der Waals surface area contributed by atoms with Gasteiger partial charge in [-0.1, -0.05) is 104 Å². The summed E-state index contributed by atoms with van der Waals surface area (Å²) in [4.78, 5) is 27.0. The summed E-state index contributed by atoms with van der Waals surface area (Å²) in [5.41, 5.74) is 3.12. The van der Waals surface area contributed by atoms with Gasteiger partial charge in [-0.2, -0.15) is 0 Å². The van der Waals surface area contributed by atoms with Gasteiger partial charge in [-0.25, -0.2) is 9.97 Å². The number of benzene rings is 3. The molecule has 0 unspecified atom stereocenters. The molecule has 0 spiro atoms. The number of pyridine rings is 2. The average Bonchev–Trinajstić information content (AvgIpc) is 3.45. The molecule has 0 aliphatic heterocycles. The van der Waals surface area contributed by atoms with Crippen molar-refractivity contribution in [1.29, 1.82) is 0 Å². The molecule has 3 aromatic heterocycles. The van der Waals surface area contributed by atoms with E-state index in [-0.39, 0.29) is 10.9 Å². The molecule has 0 radical (unpaired) electrons. The SMILES string of the molecule is COc1cnc(Cl)cc1-c1cc(C)ncc1C(=O)Nc1nc2cc(O[Si](c3ccccc3)(c3ccccc3)C(C)(C)C)ccc2s1. The first-order valence-corrected chi connectivity index (χ1v) is 17.9. The highest BCUT2D eigenvalue weighted by atomic mass is 35.5. The van der Waals surface area contributed by atoms with Crippen LogP contribution in [0.2, 0.25) is 10.2 Å². The second kappa shape index (κ2) is 12.7. The van der Waals surface area contributed by atoms with Crippen molar-refractivity contribution in [1.82, 2.24) is 15.0 Å². The number of rotatable bonds is 8. The predicted octanol–water partition coefficient (Wildman–Crippen LogP) is 7.91. The summed E-state index contributed by atoms with van der Waals surface area (Å²) < 4.78 is 13.6. The van der Waals surface area contributed by atoms with Crippen molar-refractivity contribution in [3.05, 3.63) is 120 Å². The van der Waals surface area contributed by atoms with Crippen molar-refractivity contribution >= 4 is 62.9 Å². The Balaban J connectivity index is 1.35. The summed E-state index contributed by atoms with van der Waals surface area (Å²) in [6, 6.07) is 30.5. The molecule has 10 heteroatoms. The first-order chi connectivity index (χ1) is 22.1. The highest BCUT2D eigenvalue weighted by molar-refractivity contribution is 7.22. The number of ether oxygens (including phenoxy) is 1. The van der Waals surface area contributed by atoms with Gasteiger partial charge in [0.25, 0.3) is 5.91 Å². The fourth-order valence-corrected chi connectivity index (χ4v) is 11.2. The molecule has 46 heavy (non-hydrogen) atoms. The Morgan fingerprint density at radius 1 is 0.870 bits per heavy atom. The summed E-state index contributed by atoms with van der Waals surface area (Å²) in [6.45, 7) is 8.61. The van der Waals surface area contributed by atoms with Crippen LogP contribution in [-0.2, 0) is 0 Å². The van der Waals surface area contributed by atoms with Crippen LogP contribution in [0.1, 0.15) is 36.8 Å². The number of anilines is 1. The molecule has 6 rings (SSSR count). The Morgan fingerprint density at radius 3 is 2.17 bits per heavy atom. The quantitative estimate of drug-likeness (QED) is 0.131. The minimum Gasteiger partial charge on any atom is -0.534 e. The maximum absolute atomic E-state index is 13.7. The van der Waals surface area contributed by atoms with Crippen molar-refractivity contribution in [2.24, 2.45) is 0 Å². The van der Waals surface area contributed by atoms with Crippen molar-refractivity contribution in [3.8, 4) is 22.6 Å². The van der Waals surface area contributed by atoms with Crippen LogP contribution in [0.3, 0.4) is 0 Å². The average molecular weight is 665 g/mol. The van der Waals surface area contributed by atoms with Gasteiger partial charge in [0.1, 0.15) is 16.7 Å². The fraction of sp³-hybridized carbons (Fsp3) is 0.167. The Morgan fingerprint density at radius 2 is 1.54 bits per heavy atom. The lowest BCUT2D eigenvalue weighted by atomic mass is 10.0. The van der Waals surface area contributed by atoms with Crippen LogP contribution in [0.25, 0.3) is 21.3 Å². The first kappa shape index (κ1) is 31.4. The van der Waals surface area contributed by atoms with E-state index in [0.29, 0.717) is 32.7 Å². The molecule has 0 bridgehead atoms. The largest absolute Gasteiger partial charge is 0.534 e. The zero-order valence-electron chi connectivity index (χ0n) is 26.2. The monoisotopic (exact) mass is 664 g/mol. The minimum atomic E-state index is -2.82. The zero-order chi connectivity index (χ0) is 32.5. The Labute approximate surface area is 278 Å². The van der Waals surface area contributed by atoms with Gasteiger partial charge in [0.05, 0.1) is 29.1 Å². The molecular formula is C36H33ClN4O3SSi. The van der Waals surface area contributed by atoms with Crippen LogP contribution in [0.5, 0.6) is 11.5 Å². The van der Waals surface area contributed by atoms with Crippen LogP contribution in [0, 0.1) is 6.92 Å².